The standard InChI is InChI=1S/C26H30N2O5S/c1-18-7-6-8-23(15-18)28(34(5,30)31)17-20-9-11-21(12-10-20)26(29)27-19(2)22-13-14-24(32-3)25(16-22)33-4/h6-16,19H,17H2,1-5H3,(H,27,29)/t19-/m1/s1. The van der Waals surface area contributed by atoms with Crippen LogP contribution in [-0.4, -0.2) is 34.8 Å². The minimum absolute atomic E-state index is 0.173. The molecule has 0 heterocycles. The van der Waals surface area contributed by atoms with Gasteiger partial charge in [-0.2, -0.15) is 0 Å². The maximum absolute atomic E-state index is 12.8. The number of anilines is 1. The Kier molecular flexibility index (Phi) is 7.83. The lowest BCUT2D eigenvalue weighted by molar-refractivity contribution is 0.0940. The number of hydrogen-bond acceptors (Lipinski definition) is 5. The second-order valence-electron chi connectivity index (χ2n) is 8.12. The van der Waals surface area contributed by atoms with E-state index in [0.717, 1.165) is 16.7 Å². The van der Waals surface area contributed by atoms with Crippen molar-refractivity contribution >= 4 is 21.6 Å². The van der Waals surface area contributed by atoms with E-state index in [4.69, 9.17) is 9.47 Å². The van der Waals surface area contributed by atoms with E-state index in [2.05, 4.69) is 5.32 Å². The summed E-state index contributed by atoms with van der Waals surface area (Å²) < 4.78 is 36.8. The summed E-state index contributed by atoms with van der Waals surface area (Å²) in [7, 11) is -0.344. The minimum Gasteiger partial charge on any atom is -0.493 e. The molecule has 0 saturated heterocycles. The minimum atomic E-state index is -3.48. The first-order chi connectivity index (χ1) is 16.1. The van der Waals surface area contributed by atoms with Crippen LogP contribution < -0.4 is 19.1 Å². The Balaban J connectivity index is 1.72. The molecule has 0 bridgehead atoms. The van der Waals surface area contributed by atoms with Crippen LogP contribution in [0.25, 0.3) is 0 Å². The Morgan fingerprint density at radius 3 is 2.24 bits per heavy atom. The van der Waals surface area contributed by atoms with Crippen molar-refractivity contribution in [3.63, 3.8) is 0 Å². The molecular formula is C26H30N2O5S. The first-order valence-corrected chi connectivity index (χ1v) is 12.6. The molecule has 1 amide bonds. The average Bonchev–Trinajstić information content (AvgIpc) is 2.81. The number of nitrogens with one attached hydrogen (secondary N) is 1. The number of methoxy groups -OCH3 is 2. The van der Waals surface area contributed by atoms with E-state index >= 15 is 0 Å². The topological polar surface area (TPSA) is 84.9 Å². The number of ether oxygens (including phenoxy) is 2. The van der Waals surface area contributed by atoms with Crippen LogP contribution in [0.2, 0.25) is 0 Å². The van der Waals surface area contributed by atoms with E-state index in [-0.39, 0.29) is 18.5 Å². The molecule has 34 heavy (non-hydrogen) atoms. The van der Waals surface area contributed by atoms with E-state index in [1.165, 1.54) is 10.6 Å². The lowest BCUT2D eigenvalue weighted by Crippen LogP contribution is -2.29. The molecule has 0 aromatic heterocycles. The monoisotopic (exact) mass is 482 g/mol. The third-order valence-corrected chi connectivity index (χ3v) is 6.63. The molecule has 1 N–H and O–H groups in total. The van der Waals surface area contributed by atoms with Crippen LogP contribution in [0.4, 0.5) is 5.69 Å². The van der Waals surface area contributed by atoms with Crippen LogP contribution >= 0.6 is 0 Å². The zero-order chi connectivity index (χ0) is 24.9. The second-order valence-corrected chi connectivity index (χ2v) is 10.0. The van der Waals surface area contributed by atoms with Gasteiger partial charge in [0.25, 0.3) is 5.91 Å². The van der Waals surface area contributed by atoms with Gasteiger partial charge in [-0.15, -0.1) is 0 Å². The molecule has 180 valence electrons. The van der Waals surface area contributed by atoms with Gasteiger partial charge < -0.3 is 14.8 Å². The quantitative estimate of drug-likeness (QED) is 0.486. The largest absolute Gasteiger partial charge is 0.493 e. The van der Waals surface area contributed by atoms with Crippen LogP contribution in [-0.2, 0) is 16.6 Å². The van der Waals surface area contributed by atoms with E-state index in [1.54, 1.807) is 50.6 Å². The van der Waals surface area contributed by atoms with E-state index < -0.39 is 10.0 Å². The number of amides is 1. The maximum Gasteiger partial charge on any atom is 0.251 e. The molecule has 7 nitrogen and oxygen atoms in total. The molecule has 0 aliphatic rings. The lowest BCUT2D eigenvalue weighted by Gasteiger charge is -2.23. The molecule has 0 fully saturated rings. The van der Waals surface area contributed by atoms with Crippen LogP contribution in [0.15, 0.2) is 66.7 Å². The summed E-state index contributed by atoms with van der Waals surface area (Å²) in [4.78, 5) is 12.8. The van der Waals surface area contributed by atoms with Gasteiger partial charge in [0.2, 0.25) is 10.0 Å². The molecule has 0 aliphatic carbocycles. The second kappa shape index (κ2) is 10.6. The van der Waals surface area contributed by atoms with Crippen LogP contribution in [0.3, 0.4) is 0 Å². The maximum atomic E-state index is 12.8. The van der Waals surface area contributed by atoms with Crippen molar-refractivity contribution in [2.75, 3.05) is 24.8 Å². The van der Waals surface area contributed by atoms with Crippen LogP contribution in [0.5, 0.6) is 11.5 Å². The molecule has 0 saturated carbocycles. The third-order valence-electron chi connectivity index (χ3n) is 5.49. The Morgan fingerprint density at radius 1 is 0.971 bits per heavy atom. The fourth-order valence-corrected chi connectivity index (χ4v) is 4.48. The number of rotatable bonds is 9. The van der Waals surface area contributed by atoms with Gasteiger partial charge in [0, 0.05) is 5.56 Å². The number of carbonyl (C=O) groups excluding carboxylic acids is 1. The molecule has 0 unspecified atom stereocenters. The van der Waals surface area contributed by atoms with Crippen molar-refractivity contribution in [2.24, 2.45) is 0 Å². The number of benzene rings is 3. The molecule has 1 atom stereocenters. The molecular weight excluding hydrogens is 452 g/mol. The molecule has 0 spiro atoms. The first kappa shape index (κ1) is 25.1. The Hall–Kier alpha value is -3.52. The van der Waals surface area contributed by atoms with E-state index in [0.29, 0.717) is 22.7 Å². The zero-order valence-electron chi connectivity index (χ0n) is 20.0. The Labute approximate surface area is 201 Å². The van der Waals surface area contributed by atoms with Crippen LogP contribution in [0.1, 0.15) is 40.0 Å². The first-order valence-electron chi connectivity index (χ1n) is 10.8. The summed E-state index contributed by atoms with van der Waals surface area (Å²) in [5.74, 6) is 0.983. The normalized spacial score (nSPS) is 12.0. The van der Waals surface area contributed by atoms with Crippen molar-refractivity contribution in [1.29, 1.82) is 0 Å². The third kappa shape index (κ3) is 6.08. The van der Waals surface area contributed by atoms with E-state index in [1.807, 2.05) is 44.2 Å². The van der Waals surface area contributed by atoms with Gasteiger partial charge in [0.1, 0.15) is 0 Å². The summed E-state index contributed by atoms with van der Waals surface area (Å²) in [5.41, 5.74) is 3.72. The average molecular weight is 483 g/mol. The van der Waals surface area contributed by atoms with Crippen molar-refractivity contribution in [2.45, 2.75) is 26.4 Å². The van der Waals surface area contributed by atoms with Gasteiger partial charge in [0.05, 0.1) is 38.7 Å². The summed E-state index contributed by atoms with van der Waals surface area (Å²) in [6, 6.07) is 19.5. The van der Waals surface area contributed by atoms with Crippen molar-refractivity contribution in [3.8, 4) is 11.5 Å². The molecule has 0 aliphatic heterocycles. The number of carbonyl (C=O) groups is 1. The Morgan fingerprint density at radius 2 is 1.65 bits per heavy atom. The van der Waals surface area contributed by atoms with Crippen molar-refractivity contribution < 1.29 is 22.7 Å². The summed E-state index contributed by atoms with van der Waals surface area (Å²) in [5, 5.41) is 2.98. The predicted molar refractivity (Wildman–Crippen MR) is 134 cm³/mol. The highest BCUT2D eigenvalue weighted by atomic mass is 32.2. The highest BCUT2D eigenvalue weighted by molar-refractivity contribution is 7.92. The van der Waals surface area contributed by atoms with E-state index in [9.17, 15) is 13.2 Å². The van der Waals surface area contributed by atoms with Gasteiger partial charge in [-0.1, -0.05) is 30.3 Å². The smallest absolute Gasteiger partial charge is 0.251 e. The Bertz CT molecular complexity index is 1260. The summed E-state index contributed by atoms with van der Waals surface area (Å²) >= 11 is 0. The summed E-state index contributed by atoms with van der Waals surface area (Å²) in [6.07, 6.45) is 1.19. The van der Waals surface area contributed by atoms with Gasteiger partial charge in [-0.25, -0.2) is 8.42 Å². The predicted octanol–water partition coefficient (Wildman–Crippen LogP) is 4.47. The molecule has 3 aromatic rings. The molecule has 8 heteroatoms. The number of hydrogen-bond donors (Lipinski definition) is 1. The summed E-state index contributed by atoms with van der Waals surface area (Å²) in [6.45, 7) is 3.98. The number of sulfonamides is 1. The highest BCUT2D eigenvalue weighted by Gasteiger charge is 2.19. The lowest BCUT2D eigenvalue weighted by atomic mass is 10.1. The molecule has 3 rings (SSSR count). The fraction of sp³-hybridized carbons (Fsp3) is 0.269. The molecule has 0 radical (unpaired) electrons. The van der Waals surface area contributed by atoms with Gasteiger partial charge >= 0.3 is 0 Å². The van der Waals surface area contributed by atoms with Gasteiger partial charge in [0.15, 0.2) is 11.5 Å². The highest BCUT2D eigenvalue weighted by Crippen LogP contribution is 2.30. The SMILES string of the molecule is COc1ccc([C@@H](C)NC(=O)c2ccc(CN(c3cccc(C)c3)S(C)(=O)=O)cc2)cc1OC. The number of nitrogens with zero attached hydrogens (tertiary/aromatic N) is 1. The zero-order valence-corrected chi connectivity index (χ0v) is 20.8. The van der Waals surface area contributed by atoms with Gasteiger partial charge in [-0.3, -0.25) is 9.10 Å². The fourth-order valence-electron chi connectivity index (χ4n) is 3.60. The van der Waals surface area contributed by atoms with Crippen molar-refractivity contribution in [1.82, 2.24) is 5.32 Å². The molecule has 3 aromatic carbocycles. The van der Waals surface area contributed by atoms with Crippen LogP contribution in [0, 0.1) is 6.92 Å². The van der Waals surface area contributed by atoms with Crippen molar-refractivity contribution in [3.05, 3.63) is 89.0 Å². The number of aryl methyl sites for hydroxylation is 1. The van der Waals surface area contributed by atoms with Gasteiger partial charge in [-0.05, 0) is 66.9 Å².